The first-order valence-corrected chi connectivity index (χ1v) is 9.02. The van der Waals surface area contributed by atoms with E-state index in [2.05, 4.69) is 42.3 Å². The Morgan fingerprint density at radius 2 is 1.67 bits per heavy atom. The summed E-state index contributed by atoms with van der Waals surface area (Å²) in [5.74, 6) is -0.254. The van der Waals surface area contributed by atoms with Crippen LogP contribution in [0.15, 0.2) is 59.1 Å². The highest BCUT2D eigenvalue weighted by atomic mass is 79.9. The average Bonchev–Trinajstić information content (AvgIpc) is 3.00. The van der Waals surface area contributed by atoms with Gasteiger partial charge < -0.3 is 9.84 Å². The molecular weight excluding hydrogens is 436 g/mol. The van der Waals surface area contributed by atoms with Gasteiger partial charge in [-0.15, -0.1) is 0 Å². The van der Waals surface area contributed by atoms with Gasteiger partial charge in [0.2, 0.25) is 3.23 Å². The summed E-state index contributed by atoms with van der Waals surface area (Å²) >= 11 is 6.93. The minimum atomic E-state index is -1.18. The van der Waals surface area contributed by atoms with Crippen molar-refractivity contribution in [2.75, 3.05) is 0 Å². The standard InChI is InChI=1S/C18H16Br2N2O2/c1-17(2,12-8-4-3-5-9-12)21-16(23)18(19,20)15-13-10-6-7-11-14(13)24-22-15/h3-11H,1-2H3,(H,21,23). The average molecular weight is 452 g/mol. The number of benzene rings is 2. The summed E-state index contributed by atoms with van der Waals surface area (Å²) in [4.78, 5) is 12.9. The molecule has 0 radical (unpaired) electrons. The maximum absolute atomic E-state index is 12.9. The lowest BCUT2D eigenvalue weighted by molar-refractivity contribution is -0.123. The fourth-order valence-corrected chi connectivity index (χ4v) is 3.28. The molecule has 0 aliphatic rings. The number of para-hydroxylation sites is 1. The molecule has 4 nitrogen and oxygen atoms in total. The van der Waals surface area contributed by atoms with E-state index in [9.17, 15) is 4.79 Å². The van der Waals surface area contributed by atoms with Crippen LogP contribution < -0.4 is 5.32 Å². The smallest absolute Gasteiger partial charge is 0.254 e. The van der Waals surface area contributed by atoms with Gasteiger partial charge >= 0.3 is 0 Å². The molecule has 3 rings (SSSR count). The predicted molar refractivity (Wildman–Crippen MR) is 101 cm³/mol. The van der Waals surface area contributed by atoms with E-state index in [-0.39, 0.29) is 5.91 Å². The Labute approximate surface area is 156 Å². The molecule has 24 heavy (non-hydrogen) atoms. The number of hydrogen-bond donors (Lipinski definition) is 1. The molecule has 1 aromatic heterocycles. The lowest BCUT2D eigenvalue weighted by Crippen LogP contribution is -2.46. The number of hydrogen-bond acceptors (Lipinski definition) is 3. The molecule has 2 aromatic carbocycles. The van der Waals surface area contributed by atoms with Gasteiger partial charge in [0, 0.05) is 5.39 Å². The lowest BCUT2D eigenvalue weighted by atomic mass is 9.94. The van der Waals surface area contributed by atoms with Crippen molar-refractivity contribution in [1.82, 2.24) is 10.5 Å². The van der Waals surface area contributed by atoms with Gasteiger partial charge in [-0.25, -0.2) is 0 Å². The quantitative estimate of drug-likeness (QED) is 0.578. The van der Waals surface area contributed by atoms with Crippen molar-refractivity contribution in [2.45, 2.75) is 22.6 Å². The first kappa shape index (κ1) is 17.2. The number of halogens is 2. The van der Waals surface area contributed by atoms with E-state index < -0.39 is 8.77 Å². The third-order valence-corrected chi connectivity index (χ3v) is 5.35. The summed E-state index contributed by atoms with van der Waals surface area (Å²) < 4.78 is 4.13. The molecule has 0 spiro atoms. The maximum Gasteiger partial charge on any atom is 0.254 e. The Hall–Kier alpha value is -1.66. The van der Waals surface area contributed by atoms with Crippen LogP contribution in [-0.4, -0.2) is 11.1 Å². The number of nitrogens with zero attached hydrogens (tertiary/aromatic N) is 1. The number of rotatable bonds is 4. The van der Waals surface area contributed by atoms with Crippen LogP contribution in [0.4, 0.5) is 0 Å². The molecule has 0 aliphatic carbocycles. The van der Waals surface area contributed by atoms with Crippen LogP contribution in [-0.2, 0) is 13.6 Å². The van der Waals surface area contributed by atoms with E-state index >= 15 is 0 Å². The minimum Gasteiger partial charge on any atom is -0.356 e. The van der Waals surface area contributed by atoms with Gasteiger partial charge in [-0.3, -0.25) is 4.79 Å². The van der Waals surface area contributed by atoms with E-state index in [4.69, 9.17) is 4.52 Å². The van der Waals surface area contributed by atoms with Crippen molar-refractivity contribution in [3.05, 3.63) is 65.9 Å². The molecule has 0 bridgehead atoms. The summed E-state index contributed by atoms with van der Waals surface area (Å²) in [6, 6.07) is 17.2. The fourth-order valence-electron chi connectivity index (χ4n) is 2.51. The Kier molecular flexibility index (Phi) is 4.53. The SMILES string of the molecule is CC(C)(NC(=O)C(Br)(Br)c1noc2ccccc12)c1ccccc1. The summed E-state index contributed by atoms with van der Waals surface area (Å²) in [7, 11) is 0. The van der Waals surface area contributed by atoms with E-state index in [1.807, 2.05) is 68.4 Å². The van der Waals surface area contributed by atoms with E-state index in [0.717, 1.165) is 10.9 Å². The summed E-state index contributed by atoms with van der Waals surface area (Å²) in [5.41, 5.74) is 1.59. The zero-order valence-electron chi connectivity index (χ0n) is 13.2. The number of alkyl halides is 2. The van der Waals surface area contributed by atoms with E-state index in [1.54, 1.807) is 0 Å². The fraction of sp³-hybridized carbons (Fsp3) is 0.222. The van der Waals surface area contributed by atoms with Crippen molar-refractivity contribution in [3.63, 3.8) is 0 Å². The molecule has 0 unspecified atom stereocenters. The molecule has 1 amide bonds. The second kappa shape index (κ2) is 6.33. The van der Waals surface area contributed by atoms with E-state index in [1.165, 1.54) is 0 Å². The highest BCUT2D eigenvalue weighted by Gasteiger charge is 2.41. The minimum absolute atomic E-state index is 0.254. The highest BCUT2D eigenvalue weighted by Crippen LogP contribution is 2.42. The Balaban J connectivity index is 1.91. The first-order chi connectivity index (χ1) is 11.3. The summed E-state index contributed by atoms with van der Waals surface area (Å²) in [6.07, 6.45) is 0. The molecule has 3 aromatic rings. The zero-order valence-corrected chi connectivity index (χ0v) is 16.4. The van der Waals surface area contributed by atoms with Crippen molar-refractivity contribution in [3.8, 4) is 0 Å². The third-order valence-electron chi connectivity index (χ3n) is 3.88. The van der Waals surface area contributed by atoms with Gasteiger partial charge in [-0.2, -0.15) is 0 Å². The molecule has 0 saturated carbocycles. The van der Waals surface area contributed by atoms with Crippen LogP contribution in [0.3, 0.4) is 0 Å². The van der Waals surface area contributed by atoms with Gasteiger partial charge in [0.05, 0.1) is 5.54 Å². The van der Waals surface area contributed by atoms with Gasteiger partial charge in [0.25, 0.3) is 5.91 Å². The van der Waals surface area contributed by atoms with Gasteiger partial charge in [0.15, 0.2) is 5.58 Å². The molecule has 0 aliphatic heterocycles. The molecule has 0 saturated heterocycles. The van der Waals surface area contributed by atoms with Crippen molar-refractivity contribution < 1.29 is 9.32 Å². The molecule has 124 valence electrons. The van der Waals surface area contributed by atoms with Crippen LogP contribution in [0.5, 0.6) is 0 Å². The Morgan fingerprint density at radius 3 is 2.38 bits per heavy atom. The van der Waals surface area contributed by atoms with Crippen LogP contribution in [0.1, 0.15) is 25.1 Å². The molecule has 0 fully saturated rings. The lowest BCUT2D eigenvalue weighted by Gasteiger charge is -2.30. The topological polar surface area (TPSA) is 55.1 Å². The Morgan fingerprint density at radius 1 is 1.04 bits per heavy atom. The van der Waals surface area contributed by atoms with Crippen LogP contribution >= 0.6 is 31.9 Å². The third kappa shape index (κ3) is 3.13. The predicted octanol–water partition coefficient (Wildman–Crippen LogP) is 4.82. The number of carbonyl (C=O) groups excluding carboxylic acids is 1. The maximum atomic E-state index is 12.9. The van der Waals surface area contributed by atoms with Gasteiger partial charge in [0.1, 0.15) is 5.69 Å². The normalized spacial score (nSPS) is 12.3. The second-order valence-corrected chi connectivity index (χ2v) is 9.49. The Bertz CT molecular complexity index is 873. The largest absolute Gasteiger partial charge is 0.356 e. The second-order valence-electron chi connectivity index (χ2n) is 6.05. The van der Waals surface area contributed by atoms with Gasteiger partial charge in [-0.1, -0.05) is 79.5 Å². The zero-order chi connectivity index (χ0) is 17.4. The highest BCUT2D eigenvalue weighted by molar-refractivity contribution is 9.25. The number of carbonyl (C=O) groups is 1. The number of nitrogens with one attached hydrogen (secondary N) is 1. The van der Waals surface area contributed by atoms with E-state index in [0.29, 0.717) is 11.3 Å². The van der Waals surface area contributed by atoms with Crippen molar-refractivity contribution >= 4 is 48.7 Å². The monoisotopic (exact) mass is 450 g/mol. The van der Waals surface area contributed by atoms with Crippen molar-refractivity contribution in [1.29, 1.82) is 0 Å². The summed E-state index contributed by atoms with van der Waals surface area (Å²) in [6.45, 7) is 3.91. The molecule has 0 atom stereocenters. The number of aromatic nitrogens is 1. The van der Waals surface area contributed by atoms with Crippen LogP contribution in [0, 0.1) is 0 Å². The first-order valence-electron chi connectivity index (χ1n) is 7.43. The number of amides is 1. The van der Waals surface area contributed by atoms with Crippen molar-refractivity contribution in [2.24, 2.45) is 0 Å². The summed E-state index contributed by atoms with van der Waals surface area (Å²) in [5, 5.41) is 7.89. The van der Waals surface area contributed by atoms with Crippen LogP contribution in [0.25, 0.3) is 11.0 Å². The molecule has 1 N–H and O–H groups in total. The molecule has 6 heteroatoms. The number of fused-ring (bicyclic) bond motifs is 1. The molecule has 1 heterocycles. The molecular formula is C18H16Br2N2O2. The van der Waals surface area contributed by atoms with Crippen LogP contribution in [0.2, 0.25) is 0 Å². The van der Waals surface area contributed by atoms with Gasteiger partial charge in [-0.05, 0) is 31.5 Å².